The molecule has 0 spiro atoms. The summed E-state index contributed by atoms with van der Waals surface area (Å²) in [5.74, 6) is 0.557. The van der Waals surface area contributed by atoms with E-state index < -0.39 is 0 Å². The van der Waals surface area contributed by atoms with Crippen molar-refractivity contribution in [2.75, 3.05) is 14.1 Å². The third kappa shape index (κ3) is 3.01. The molecule has 2 rings (SSSR count). The van der Waals surface area contributed by atoms with Crippen molar-refractivity contribution in [1.82, 2.24) is 10.3 Å². The summed E-state index contributed by atoms with van der Waals surface area (Å²) in [5.41, 5.74) is 0.983. The lowest BCUT2D eigenvalue weighted by Gasteiger charge is -1.94. The van der Waals surface area contributed by atoms with Crippen molar-refractivity contribution in [2.45, 2.75) is 12.8 Å². The standard InChI is InChI=1S/C9H8ClNO.C2H7N/c1-5-8(9(5)12)6-2-3-7(10)11-4-6;1-3-2/h2-5,8H,1H3;3H,1-2H3. The van der Waals surface area contributed by atoms with E-state index in [1.807, 2.05) is 27.1 Å². The molecule has 1 aliphatic rings. The molecule has 0 amide bonds. The zero-order valence-corrected chi connectivity index (χ0v) is 9.88. The van der Waals surface area contributed by atoms with Gasteiger partial charge in [0.25, 0.3) is 0 Å². The Morgan fingerprint density at radius 1 is 1.40 bits per heavy atom. The molecule has 2 atom stereocenters. The summed E-state index contributed by atoms with van der Waals surface area (Å²) in [6, 6.07) is 3.58. The molecule has 1 fully saturated rings. The quantitative estimate of drug-likeness (QED) is 0.744. The molecule has 0 radical (unpaired) electrons. The molecule has 3 nitrogen and oxygen atoms in total. The first-order chi connectivity index (χ1) is 7.11. The van der Waals surface area contributed by atoms with Gasteiger partial charge in [0.1, 0.15) is 10.9 Å². The second-order valence-electron chi connectivity index (χ2n) is 3.58. The minimum atomic E-state index is 0.0785. The maximum Gasteiger partial charge on any atom is 0.144 e. The number of pyridine rings is 1. The van der Waals surface area contributed by atoms with E-state index >= 15 is 0 Å². The lowest BCUT2D eigenvalue weighted by Crippen LogP contribution is -1.89. The molecule has 0 bridgehead atoms. The second kappa shape index (κ2) is 5.24. The number of nitrogens with one attached hydrogen (secondary N) is 1. The first-order valence-electron chi connectivity index (χ1n) is 4.85. The van der Waals surface area contributed by atoms with Crippen LogP contribution in [0, 0.1) is 5.92 Å². The van der Waals surface area contributed by atoms with Gasteiger partial charge in [-0.05, 0) is 25.7 Å². The Balaban J connectivity index is 0.000000337. The highest BCUT2D eigenvalue weighted by Gasteiger charge is 2.46. The van der Waals surface area contributed by atoms with Gasteiger partial charge in [-0.2, -0.15) is 0 Å². The summed E-state index contributed by atoms with van der Waals surface area (Å²) in [7, 11) is 3.75. The molecule has 2 unspecified atom stereocenters. The van der Waals surface area contributed by atoms with Gasteiger partial charge >= 0.3 is 0 Å². The molecular formula is C11H15ClN2O. The summed E-state index contributed by atoms with van der Waals surface area (Å²) in [6.45, 7) is 1.93. The predicted octanol–water partition coefficient (Wildman–Crippen LogP) is 1.87. The average Bonchev–Trinajstić information content (AvgIpc) is 2.78. The molecule has 4 heteroatoms. The van der Waals surface area contributed by atoms with E-state index in [-0.39, 0.29) is 11.8 Å². The number of rotatable bonds is 1. The van der Waals surface area contributed by atoms with Gasteiger partial charge in [-0.3, -0.25) is 4.79 Å². The smallest absolute Gasteiger partial charge is 0.144 e. The molecular weight excluding hydrogens is 212 g/mol. The van der Waals surface area contributed by atoms with E-state index in [2.05, 4.69) is 10.3 Å². The Labute approximate surface area is 94.9 Å². The topological polar surface area (TPSA) is 42.0 Å². The number of hydrogen-bond acceptors (Lipinski definition) is 3. The highest BCUT2D eigenvalue weighted by molar-refractivity contribution is 6.29. The van der Waals surface area contributed by atoms with Crippen molar-refractivity contribution in [1.29, 1.82) is 0 Å². The van der Waals surface area contributed by atoms with Gasteiger partial charge in [-0.25, -0.2) is 4.98 Å². The monoisotopic (exact) mass is 226 g/mol. The number of hydrogen-bond donors (Lipinski definition) is 1. The molecule has 1 heterocycles. The normalized spacial score (nSPS) is 23.1. The van der Waals surface area contributed by atoms with Crippen molar-refractivity contribution in [3.63, 3.8) is 0 Å². The maximum atomic E-state index is 11.0. The largest absolute Gasteiger partial charge is 0.323 e. The van der Waals surface area contributed by atoms with Crippen molar-refractivity contribution in [2.24, 2.45) is 5.92 Å². The minimum Gasteiger partial charge on any atom is -0.323 e. The Kier molecular flexibility index (Phi) is 4.24. The fourth-order valence-corrected chi connectivity index (χ4v) is 1.50. The van der Waals surface area contributed by atoms with Gasteiger partial charge in [0.2, 0.25) is 0 Å². The van der Waals surface area contributed by atoms with E-state index in [1.54, 1.807) is 12.3 Å². The van der Waals surface area contributed by atoms with Crippen LogP contribution in [0.15, 0.2) is 18.3 Å². The third-order valence-electron chi connectivity index (χ3n) is 2.26. The van der Waals surface area contributed by atoms with Gasteiger partial charge in [0, 0.05) is 12.1 Å². The van der Waals surface area contributed by atoms with Crippen LogP contribution in [0.2, 0.25) is 5.15 Å². The van der Waals surface area contributed by atoms with E-state index in [9.17, 15) is 4.79 Å². The number of Topliss-reactive ketones (excluding diaryl/α,β-unsaturated/α-hetero) is 1. The fourth-order valence-electron chi connectivity index (χ4n) is 1.39. The molecule has 1 aromatic heterocycles. The highest BCUT2D eigenvalue weighted by atomic mass is 35.5. The zero-order valence-electron chi connectivity index (χ0n) is 9.12. The summed E-state index contributed by atoms with van der Waals surface area (Å²) in [6.07, 6.45) is 1.68. The lowest BCUT2D eigenvalue weighted by molar-refractivity contribution is -0.111. The van der Waals surface area contributed by atoms with Crippen LogP contribution in [-0.2, 0) is 4.79 Å². The van der Waals surface area contributed by atoms with Crippen LogP contribution >= 0.6 is 11.6 Å². The van der Waals surface area contributed by atoms with E-state index in [0.717, 1.165) is 5.56 Å². The zero-order chi connectivity index (χ0) is 11.4. The third-order valence-corrected chi connectivity index (χ3v) is 2.48. The number of carbonyl (C=O) groups excluding carboxylic acids is 1. The maximum absolute atomic E-state index is 11.0. The van der Waals surface area contributed by atoms with Crippen molar-refractivity contribution in [3.8, 4) is 0 Å². The second-order valence-corrected chi connectivity index (χ2v) is 3.97. The molecule has 1 saturated carbocycles. The first-order valence-corrected chi connectivity index (χ1v) is 5.23. The van der Waals surface area contributed by atoms with Gasteiger partial charge < -0.3 is 5.32 Å². The summed E-state index contributed by atoms with van der Waals surface area (Å²) < 4.78 is 0. The SMILES string of the molecule is CC1C(=O)C1c1ccc(Cl)nc1.CNC. The van der Waals surface area contributed by atoms with Crippen LogP contribution in [0.5, 0.6) is 0 Å². The summed E-state index contributed by atoms with van der Waals surface area (Å²) >= 11 is 5.61. The van der Waals surface area contributed by atoms with Crippen LogP contribution in [-0.4, -0.2) is 24.9 Å². The van der Waals surface area contributed by atoms with Gasteiger partial charge in [-0.15, -0.1) is 0 Å². The number of ketones is 1. The lowest BCUT2D eigenvalue weighted by atomic mass is 10.2. The van der Waals surface area contributed by atoms with Gasteiger partial charge in [0.05, 0.1) is 5.92 Å². The number of halogens is 1. The first kappa shape index (κ1) is 12.1. The van der Waals surface area contributed by atoms with E-state index in [1.165, 1.54) is 0 Å². The van der Waals surface area contributed by atoms with Crippen molar-refractivity contribution < 1.29 is 4.79 Å². The Morgan fingerprint density at radius 3 is 2.27 bits per heavy atom. The van der Waals surface area contributed by atoms with E-state index in [0.29, 0.717) is 10.9 Å². The molecule has 15 heavy (non-hydrogen) atoms. The van der Waals surface area contributed by atoms with Crippen LogP contribution < -0.4 is 5.32 Å². The predicted molar refractivity (Wildman–Crippen MR) is 61.1 cm³/mol. The number of nitrogens with zero attached hydrogens (tertiary/aromatic N) is 1. The van der Waals surface area contributed by atoms with Crippen LogP contribution in [0.25, 0.3) is 0 Å². The molecule has 0 aliphatic heterocycles. The van der Waals surface area contributed by atoms with Crippen LogP contribution in [0.4, 0.5) is 0 Å². The molecule has 0 saturated heterocycles. The number of aromatic nitrogens is 1. The Bertz CT molecular complexity index is 337. The van der Waals surface area contributed by atoms with E-state index in [4.69, 9.17) is 11.6 Å². The molecule has 82 valence electrons. The molecule has 0 aromatic carbocycles. The van der Waals surface area contributed by atoms with Gasteiger partial charge in [0.15, 0.2) is 0 Å². The Hall–Kier alpha value is -0.930. The molecule has 1 N–H and O–H groups in total. The van der Waals surface area contributed by atoms with Crippen LogP contribution in [0.1, 0.15) is 18.4 Å². The minimum absolute atomic E-state index is 0.0785. The highest BCUT2D eigenvalue weighted by Crippen LogP contribution is 2.42. The van der Waals surface area contributed by atoms with Crippen molar-refractivity contribution in [3.05, 3.63) is 29.0 Å². The summed E-state index contributed by atoms with van der Waals surface area (Å²) in [4.78, 5) is 15.0. The summed E-state index contributed by atoms with van der Waals surface area (Å²) in [5, 5.41) is 3.22. The van der Waals surface area contributed by atoms with Gasteiger partial charge in [-0.1, -0.05) is 24.6 Å². The van der Waals surface area contributed by atoms with Crippen LogP contribution in [0.3, 0.4) is 0 Å². The molecule has 1 aliphatic carbocycles. The molecule has 1 aromatic rings. The van der Waals surface area contributed by atoms with Crippen molar-refractivity contribution >= 4 is 17.4 Å². The Morgan fingerprint density at radius 2 is 1.93 bits per heavy atom. The average molecular weight is 227 g/mol. The fraction of sp³-hybridized carbons (Fsp3) is 0.455. The number of carbonyl (C=O) groups is 1.